The molecule has 2 saturated carbocycles. The molecular weight excluding hydrogens is 456 g/mol. The van der Waals surface area contributed by atoms with Gasteiger partial charge in [0.15, 0.2) is 23.0 Å². The number of carbonyl (C=O) groups excluding carboxylic acids is 5. The molecule has 7 unspecified atom stereocenters. The average molecular weight is 487 g/mol. The van der Waals surface area contributed by atoms with E-state index in [1.54, 1.807) is 32.0 Å². The minimum absolute atomic E-state index is 0.0601. The minimum atomic E-state index is -2.69. The Balaban J connectivity index is 1.86. The summed E-state index contributed by atoms with van der Waals surface area (Å²) in [5.41, 5.74) is 4.10. The summed E-state index contributed by atoms with van der Waals surface area (Å²) in [5, 5.41) is 33.3. The van der Waals surface area contributed by atoms with Crippen molar-refractivity contribution in [2.75, 3.05) is 14.1 Å². The van der Waals surface area contributed by atoms with E-state index in [1.165, 1.54) is 6.92 Å². The lowest BCUT2D eigenvalue weighted by molar-refractivity contribution is -0.190. The number of nitrogens with two attached hydrogens (primary N) is 1. The Kier molecular flexibility index (Phi) is 5.98. The number of benzene rings is 1. The van der Waals surface area contributed by atoms with Crippen LogP contribution in [0.25, 0.3) is 0 Å². The Morgan fingerprint density at radius 2 is 1.83 bits per heavy atom. The molecule has 0 bridgehead atoms. The lowest BCUT2D eigenvalue weighted by Gasteiger charge is -2.54. The number of amides is 1. The summed E-state index contributed by atoms with van der Waals surface area (Å²) in [6, 6.07) is 0.710. The summed E-state index contributed by atoms with van der Waals surface area (Å²) < 4.78 is 0. The number of hydrogen-bond acceptors (Lipinski definition) is 9. The number of nitrogens with zero attached hydrogens (tertiary/aromatic N) is 1. The molecule has 188 valence electrons. The number of ketones is 4. The molecule has 5 N–H and O–H groups in total. The fourth-order valence-corrected chi connectivity index (χ4v) is 6.55. The molecule has 0 saturated heterocycles. The van der Waals surface area contributed by atoms with Crippen LogP contribution in [0.3, 0.4) is 0 Å². The zero-order valence-electron chi connectivity index (χ0n) is 20.1. The number of phenols is 1. The van der Waals surface area contributed by atoms with E-state index < -0.39 is 64.7 Å². The number of aromatic hydroxyl groups is 1. The monoisotopic (exact) mass is 486 g/mol. The highest BCUT2D eigenvalue weighted by Crippen LogP contribution is 2.52. The van der Waals surface area contributed by atoms with E-state index in [9.17, 15) is 39.3 Å². The maximum atomic E-state index is 13.8. The summed E-state index contributed by atoms with van der Waals surface area (Å²) in [4.78, 5) is 66.0. The lowest BCUT2D eigenvalue weighted by atomic mass is 9.52. The van der Waals surface area contributed by atoms with E-state index in [0.29, 0.717) is 11.1 Å². The van der Waals surface area contributed by atoms with Gasteiger partial charge in [-0.3, -0.25) is 24.0 Å². The van der Waals surface area contributed by atoms with Crippen LogP contribution in [-0.2, 0) is 32.0 Å². The molecule has 1 aromatic rings. The van der Waals surface area contributed by atoms with E-state index in [0.717, 1.165) is 0 Å². The van der Waals surface area contributed by atoms with Crippen LogP contribution >= 0.6 is 0 Å². The van der Waals surface area contributed by atoms with Gasteiger partial charge in [-0.05, 0) is 57.8 Å². The molecule has 10 nitrogen and oxygen atoms in total. The Morgan fingerprint density at radius 1 is 1.20 bits per heavy atom. The molecule has 3 aliphatic rings. The maximum absolute atomic E-state index is 13.8. The largest absolute Gasteiger partial charge is 0.507 e. The number of phenolic OH excluding ortho intramolecular Hbond substituents is 1. The standard InChI is InChI=1S/C25H30N2O8/c1-9-5-12(6-10(2)28)19(29)16-13(9)7-11-8-14-18(27(3)4)21(31)17(24(26)34)23(33)25(14,35)22(32)15(11)20(16)30/h5,11,14-15,17-18,21,29,31,35H,6-8H2,1-4H3,(H2,26,34). The van der Waals surface area contributed by atoms with E-state index in [4.69, 9.17) is 5.73 Å². The van der Waals surface area contributed by atoms with Crippen LogP contribution in [-0.4, -0.2) is 81.1 Å². The smallest absolute Gasteiger partial charge is 0.230 e. The SMILES string of the molecule is CC(=O)Cc1cc(C)c2c(c1O)C(=O)C1C(=O)C3(O)C(=O)C(C(N)=O)C(O)C(N(C)C)C3CC1C2. The topological polar surface area (TPSA) is 175 Å². The third-order valence-corrected chi connectivity index (χ3v) is 8.03. The summed E-state index contributed by atoms with van der Waals surface area (Å²) >= 11 is 0. The molecule has 0 heterocycles. The number of hydrogen-bond donors (Lipinski definition) is 4. The third-order valence-electron chi connectivity index (χ3n) is 8.03. The number of carbonyl (C=O) groups is 5. The first-order valence-corrected chi connectivity index (χ1v) is 11.6. The van der Waals surface area contributed by atoms with Crippen LogP contribution in [0, 0.1) is 30.6 Å². The molecular formula is C25H30N2O8. The Morgan fingerprint density at radius 3 is 2.37 bits per heavy atom. The second-order valence-corrected chi connectivity index (χ2v) is 10.4. The molecule has 10 heteroatoms. The Hall–Kier alpha value is -2.95. The zero-order valence-corrected chi connectivity index (χ0v) is 20.1. The van der Waals surface area contributed by atoms with Crippen LogP contribution in [0.1, 0.15) is 40.4 Å². The van der Waals surface area contributed by atoms with Crippen LogP contribution in [0.4, 0.5) is 0 Å². The molecule has 1 amide bonds. The predicted octanol–water partition coefficient (Wildman–Crippen LogP) is -0.901. The van der Waals surface area contributed by atoms with Gasteiger partial charge in [-0.2, -0.15) is 0 Å². The van der Waals surface area contributed by atoms with E-state index in [-0.39, 0.29) is 41.9 Å². The summed E-state index contributed by atoms with van der Waals surface area (Å²) in [6.45, 7) is 3.11. The molecule has 0 spiro atoms. The van der Waals surface area contributed by atoms with Crippen LogP contribution in [0.15, 0.2) is 6.07 Å². The number of aryl methyl sites for hydroxylation is 1. The lowest BCUT2D eigenvalue weighted by Crippen LogP contribution is -2.75. The van der Waals surface area contributed by atoms with Crippen molar-refractivity contribution in [1.29, 1.82) is 0 Å². The quantitative estimate of drug-likeness (QED) is 0.393. The van der Waals surface area contributed by atoms with Gasteiger partial charge in [0.05, 0.1) is 17.6 Å². The van der Waals surface area contributed by atoms with Crippen molar-refractivity contribution in [2.24, 2.45) is 29.4 Å². The number of Topliss-reactive ketones (excluding diaryl/α,β-unsaturated/α-hetero) is 4. The first kappa shape index (κ1) is 25.2. The molecule has 4 rings (SSSR count). The van der Waals surface area contributed by atoms with Crippen molar-refractivity contribution in [3.63, 3.8) is 0 Å². The van der Waals surface area contributed by atoms with Crippen molar-refractivity contribution in [2.45, 2.75) is 50.9 Å². The highest BCUT2D eigenvalue weighted by molar-refractivity contribution is 6.25. The number of aliphatic hydroxyl groups excluding tert-OH is 1. The number of fused-ring (bicyclic) bond motifs is 3. The van der Waals surface area contributed by atoms with Crippen molar-refractivity contribution in [3.8, 4) is 5.75 Å². The highest BCUT2D eigenvalue weighted by Gasteiger charge is 2.69. The van der Waals surface area contributed by atoms with Gasteiger partial charge in [-0.25, -0.2) is 0 Å². The van der Waals surface area contributed by atoms with Crippen molar-refractivity contribution in [3.05, 3.63) is 28.3 Å². The maximum Gasteiger partial charge on any atom is 0.230 e. The highest BCUT2D eigenvalue weighted by atomic mass is 16.3. The van der Waals surface area contributed by atoms with Crippen molar-refractivity contribution in [1.82, 2.24) is 4.90 Å². The van der Waals surface area contributed by atoms with Crippen molar-refractivity contribution >= 4 is 29.0 Å². The van der Waals surface area contributed by atoms with Crippen LogP contribution in [0.5, 0.6) is 5.75 Å². The number of primary amides is 1. The van der Waals surface area contributed by atoms with Gasteiger partial charge in [0.1, 0.15) is 17.5 Å². The molecule has 0 aromatic heterocycles. The molecule has 35 heavy (non-hydrogen) atoms. The minimum Gasteiger partial charge on any atom is -0.507 e. The Bertz CT molecular complexity index is 1170. The average Bonchev–Trinajstić information content (AvgIpc) is 2.73. The van der Waals surface area contributed by atoms with Crippen LogP contribution < -0.4 is 5.73 Å². The fourth-order valence-electron chi connectivity index (χ4n) is 6.55. The number of rotatable bonds is 4. The second kappa shape index (κ2) is 8.32. The third kappa shape index (κ3) is 3.46. The summed E-state index contributed by atoms with van der Waals surface area (Å²) in [6.07, 6.45) is -1.34. The number of aliphatic hydroxyl groups is 2. The second-order valence-electron chi connectivity index (χ2n) is 10.4. The molecule has 3 aliphatic carbocycles. The Labute approximate surface area is 202 Å². The molecule has 7 atom stereocenters. The van der Waals surface area contributed by atoms with Gasteiger partial charge in [-0.1, -0.05) is 6.07 Å². The summed E-state index contributed by atoms with van der Waals surface area (Å²) in [5.74, 6) is -9.62. The number of likely N-dealkylation sites (N-methyl/N-ethyl adjacent to an activating group) is 1. The van der Waals surface area contributed by atoms with Gasteiger partial charge >= 0.3 is 0 Å². The van der Waals surface area contributed by atoms with E-state index in [1.807, 2.05) is 0 Å². The van der Waals surface area contributed by atoms with Gasteiger partial charge < -0.3 is 26.0 Å². The van der Waals surface area contributed by atoms with Gasteiger partial charge in [0.25, 0.3) is 0 Å². The first-order valence-electron chi connectivity index (χ1n) is 11.6. The van der Waals surface area contributed by atoms with E-state index >= 15 is 0 Å². The van der Waals surface area contributed by atoms with Gasteiger partial charge in [0.2, 0.25) is 5.91 Å². The van der Waals surface area contributed by atoms with Gasteiger partial charge in [-0.15, -0.1) is 0 Å². The fraction of sp³-hybridized carbons (Fsp3) is 0.560. The van der Waals surface area contributed by atoms with E-state index in [2.05, 4.69) is 0 Å². The molecule has 1 aromatic carbocycles. The molecule has 0 radical (unpaired) electrons. The van der Waals surface area contributed by atoms with Crippen molar-refractivity contribution < 1.29 is 39.3 Å². The predicted molar refractivity (Wildman–Crippen MR) is 121 cm³/mol. The first-order chi connectivity index (χ1) is 16.2. The van der Waals surface area contributed by atoms with Crippen LogP contribution in [0.2, 0.25) is 0 Å². The molecule has 2 fully saturated rings. The zero-order chi connectivity index (χ0) is 26.1. The van der Waals surface area contributed by atoms with Gasteiger partial charge in [0, 0.05) is 23.9 Å². The molecule has 0 aliphatic heterocycles. The summed E-state index contributed by atoms with van der Waals surface area (Å²) in [7, 11) is 3.19. The normalized spacial score (nSPS) is 34.3.